The number of fused-ring (bicyclic) bond motifs is 1. The van der Waals surface area contributed by atoms with Crippen molar-refractivity contribution in [2.24, 2.45) is 0 Å². The predicted octanol–water partition coefficient (Wildman–Crippen LogP) is 4.32. The van der Waals surface area contributed by atoms with Gasteiger partial charge in [0, 0.05) is 4.47 Å². The molecule has 3 rings (SSSR count). The number of halogens is 1. The Morgan fingerprint density at radius 2 is 1.92 bits per heavy atom. The third-order valence-corrected chi connectivity index (χ3v) is 3.66. The van der Waals surface area contributed by atoms with Crippen LogP contribution in [-0.2, 0) is 9.53 Å². The first-order chi connectivity index (χ1) is 11.6. The second kappa shape index (κ2) is 7.35. The van der Waals surface area contributed by atoms with Gasteiger partial charge in [-0.3, -0.25) is 4.79 Å². The number of methoxy groups -OCH3 is 1. The maximum atomic E-state index is 11.0. The van der Waals surface area contributed by atoms with E-state index in [1.165, 1.54) is 7.11 Å². The molecule has 0 aliphatic heterocycles. The first-order valence-corrected chi connectivity index (χ1v) is 7.97. The molecule has 3 aromatic rings. The molecule has 0 N–H and O–H groups in total. The lowest BCUT2D eigenvalue weighted by Crippen LogP contribution is -2.07. The molecule has 0 atom stereocenters. The molecule has 1 heterocycles. The van der Waals surface area contributed by atoms with E-state index >= 15 is 0 Å². The zero-order chi connectivity index (χ0) is 16.9. The van der Waals surface area contributed by atoms with E-state index in [4.69, 9.17) is 13.9 Å². The minimum atomic E-state index is -0.308. The first-order valence-electron chi connectivity index (χ1n) is 7.17. The molecule has 0 saturated carbocycles. The van der Waals surface area contributed by atoms with Crippen molar-refractivity contribution in [3.63, 3.8) is 0 Å². The Hall–Kier alpha value is -2.54. The number of aromatic nitrogens is 1. The molecule has 0 fully saturated rings. The van der Waals surface area contributed by atoms with E-state index in [-0.39, 0.29) is 25.1 Å². The number of carbonyl (C=O) groups excluding carboxylic acids is 1. The molecule has 7 heteroatoms. The topological polar surface area (TPSA) is 70.8 Å². The smallest absolute Gasteiger partial charge is 0.400 e. The number of benzene rings is 2. The lowest BCUT2D eigenvalue weighted by molar-refractivity contribution is -0.141. The van der Waals surface area contributed by atoms with Crippen LogP contribution in [0.3, 0.4) is 0 Å². The van der Waals surface area contributed by atoms with Gasteiger partial charge in [0.1, 0.15) is 17.0 Å². The van der Waals surface area contributed by atoms with Gasteiger partial charge in [0.25, 0.3) is 0 Å². The van der Waals surface area contributed by atoms with E-state index in [2.05, 4.69) is 25.7 Å². The molecule has 124 valence electrons. The lowest BCUT2D eigenvalue weighted by Gasteiger charge is -2.06. The third-order valence-electron chi connectivity index (χ3n) is 3.16. The van der Waals surface area contributed by atoms with Gasteiger partial charge in [0.15, 0.2) is 5.58 Å². The van der Waals surface area contributed by atoms with Gasteiger partial charge in [0.2, 0.25) is 0 Å². The molecule has 2 aromatic carbocycles. The van der Waals surface area contributed by atoms with Crippen LogP contribution in [-0.4, -0.2) is 24.7 Å². The molecule has 0 radical (unpaired) electrons. The van der Waals surface area contributed by atoms with Gasteiger partial charge in [-0.2, -0.15) is 4.98 Å². The van der Waals surface area contributed by atoms with Crippen molar-refractivity contribution in [1.29, 1.82) is 0 Å². The molecular weight excluding hydrogens is 378 g/mol. The number of nitrogens with zero attached hydrogens (tertiary/aromatic N) is 1. The molecule has 0 amide bonds. The summed E-state index contributed by atoms with van der Waals surface area (Å²) in [6.45, 7) is 0.257. The van der Waals surface area contributed by atoms with Crippen LogP contribution in [0.25, 0.3) is 11.1 Å². The Morgan fingerprint density at radius 3 is 2.67 bits per heavy atom. The number of rotatable bonds is 6. The molecule has 0 aliphatic rings. The van der Waals surface area contributed by atoms with Crippen molar-refractivity contribution in [1.82, 2.24) is 4.98 Å². The van der Waals surface area contributed by atoms with Crippen LogP contribution in [0.15, 0.2) is 51.4 Å². The Morgan fingerprint density at radius 1 is 1.17 bits per heavy atom. The summed E-state index contributed by atoms with van der Waals surface area (Å²) < 4.78 is 22.0. The van der Waals surface area contributed by atoms with Gasteiger partial charge in [-0.25, -0.2) is 0 Å². The van der Waals surface area contributed by atoms with Crippen LogP contribution in [0.4, 0.5) is 0 Å². The quantitative estimate of drug-likeness (QED) is 0.582. The van der Waals surface area contributed by atoms with E-state index in [9.17, 15) is 4.79 Å². The molecule has 1 aromatic heterocycles. The summed E-state index contributed by atoms with van der Waals surface area (Å²) in [6.07, 6.45) is 0.371. The Balaban J connectivity index is 1.61. The lowest BCUT2D eigenvalue weighted by atomic mass is 10.3. The summed E-state index contributed by atoms with van der Waals surface area (Å²) in [6, 6.07) is 12.5. The standard InChI is InChI=1S/C17H14BrNO5/c1-21-16(20)8-9-22-12-3-5-13(6-4-12)23-17-19-14-7-2-11(18)10-15(14)24-17/h2-7,10H,8-9H2,1H3. The first kappa shape index (κ1) is 16.3. The van der Waals surface area contributed by atoms with Crippen molar-refractivity contribution >= 4 is 33.0 Å². The van der Waals surface area contributed by atoms with Crippen molar-refractivity contribution in [2.75, 3.05) is 13.7 Å². The van der Waals surface area contributed by atoms with Crippen molar-refractivity contribution in [3.05, 3.63) is 46.9 Å². The van der Waals surface area contributed by atoms with E-state index in [0.29, 0.717) is 17.1 Å². The molecule has 0 aliphatic carbocycles. The fourth-order valence-corrected chi connectivity index (χ4v) is 2.32. The van der Waals surface area contributed by atoms with Gasteiger partial charge in [-0.05, 0) is 42.5 Å². The van der Waals surface area contributed by atoms with Crippen molar-refractivity contribution in [3.8, 4) is 17.6 Å². The average Bonchev–Trinajstić information content (AvgIpc) is 2.97. The summed E-state index contributed by atoms with van der Waals surface area (Å²) >= 11 is 3.38. The summed E-state index contributed by atoms with van der Waals surface area (Å²) in [5, 5.41) is 0. The maximum absolute atomic E-state index is 11.0. The maximum Gasteiger partial charge on any atom is 0.400 e. The third kappa shape index (κ3) is 4.05. The molecule has 0 unspecified atom stereocenters. The average molecular weight is 392 g/mol. The van der Waals surface area contributed by atoms with E-state index in [1.807, 2.05) is 18.2 Å². The second-order valence-electron chi connectivity index (χ2n) is 4.84. The highest BCUT2D eigenvalue weighted by Crippen LogP contribution is 2.28. The number of ether oxygens (including phenoxy) is 3. The number of carbonyl (C=O) groups is 1. The predicted molar refractivity (Wildman–Crippen MR) is 90.4 cm³/mol. The van der Waals surface area contributed by atoms with Gasteiger partial charge >= 0.3 is 12.0 Å². The van der Waals surface area contributed by atoms with Crippen LogP contribution in [0.2, 0.25) is 0 Å². The Labute approximate surface area is 146 Å². The molecule has 0 spiro atoms. The van der Waals surface area contributed by atoms with Gasteiger partial charge in [-0.1, -0.05) is 15.9 Å². The Bertz CT molecular complexity index is 844. The fourth-order valence-electron chi connectivity index (χ4n) is 1.98. The van der Waals surface area contributed by atoms with Crippen molar-refractivity contribution in [2.45, 2.75) is 6.42 Å². The van der Waals surface area contributed by atoms with E-state index in [0.717, 1.165) is 9.99 Å². The van der Waals surface area contributed by atoms with Gasteiger partial charge < -0.3 is 18.6 Å². The highest BCUT2D eigenvalue weighted by atomic mass is 79.9. The fraction of sp³-hybridized carbons (Fsp3) is 0.176. The Kier molecular flexibility index (Phi) is 5.00. The second-order valence-corrected chi connectivity index (χ2v) is 5.76. The molecular formula is C17H14BrNO5. The highest BCUT2D eigenvalue weighted by molar-refractivity contribution is 9.10. The molecule has 6 nitrogen and oxygen atoms in total. The zero-order valence-electron chi connectivity index (χ0n) is 12.8. The van der Waals surface area contributed by atoms with Crippen LogP contribution in [0, 0.1) is 0 Å². The van der Waals surface area contributed by atoms with Crippen LogP contribution < -0.4 is 9.47 Å². The van der Waals surface area contributed by atoms with E-state index in [1.54, 1.807) is 24.3 Å². The summed E-state index contributed by atoms with van der Waals surface area (Å²) in [5.74, 6) is 0.895. The number of hydrogen-bond donors (Lipinski definition) is 0. The number of esters is 1. The van der Waals surface area contributed by atoms with Crippen LogP contribution >= 0.6 is 15.9 Å². The zero-order valence-corrected chi connectivity index (χ0v) is 14.4. The van der Waals surface area contributed by atoms with E-state index < -0.39 is 0 Å². The summed E-state index contributed by atoms with van der Waals surface area (Å²) in [4.78, 5) is 15.3. The van der Waals surface area contributed by atoms with Crippen molar-refractivity contribution < 1.29 is 23.4 Å². The minimum Gasteiger partial charge on any atom is -0.493 e. The monoisotopic (exact) mass is 391 g/mol. The minimum absolute atomic E-state index is 0.169. The van der Waals surface area contributed by atoms with Crippen LogP contribution in [0.5, 0.6) is 17.6 Å². The molecule has 0 bridgehead atoms. The number of hydrogen-bond acceptors (Lipinski definition) is 6. The largest absolute Gasteiger partial charge is 0.493 e. The van der Waals surface area contributed by atoms with Crippen LogP contribution in [0.1, 0.15) is 6.42 Å². The molecule has 0 saturated heterocycles. The SMILES string of the molecule is COC(=O)CCOc1ccc(Oc2nc3ccc(Br)cc3o2)cc1. The normalized spacial score (nSPS) is 10.6. The van der Waals surface area contributed by atoms with Gasteiger partial charge in [0.05, 0.1) is 20.1 Å². The summed E-state index contributed by atoms with van der Waals surface area (Å²) in [7, 11) is 1.35. The highest BCUT2D eigenvalue weighted by Gasteiger charge is 2.08. The molecule has 24 heavy (non-hydrogen) atoms. The number of oxazole rings is 1. The summed E-state index contributed by atoms with van der Waals surface area (Å²) in [5.41, 5.74) is 1.36. The van der Waals surface area contributed by atoms with Gasteiger partial charge in [-0.15, -0.1) is 0 Å².